The summed E-state index contributed by atoms with van der Waals surface area (Å²) in [6, 6.07) is 5.27. The van der Waals surface area contributed by atoms with E-state index in [4.69, 9.17) is 16.3 Å². The molecular weight excluding hydrogens is 430 g/mol. The third-order valence-electron chi connectivity index (χ3n) is 3.86. The number of rotatable bonds is 7. The summed E-state index contributed by atoms with van der Waals surface area (Å²) in [5, 5.41) is 11.0. The van der Waals surface area contributed by atoms with Gasteiger partial charge in [-0.1, -0.05) is 11.6 Å². The Hall–Kier alpha value is -2.52. The van der Waals surface area contributed by atoms with E-state index in [1.54, 1.807) is 44.7 Å². The Labute approximate surface area is 183 Å². The third-order valence-corrected chi connectivity index (χ3v) is 4.76. The van der Waals surface area contributed by atoms with Gasteiger partial charge in [0.25, 0.3) is 5.56 Å². The fraction of sp³-hybridized carbons (Fsp3) is 0.400. The van der Waals surface area contributed by atoms with E-state index in [0.29, 0.717) is 22.9 Å². The maximum atomic E-state index is 12.5. The van der Waals surface area contributed by atoms with Crippen molar-refractivity contribution in [3.8, 4) is 11.6 Å². The van der Waals surface area contributed by atoms with Crippen LogP contribution in [0.25, 0.3) is 5.69 Å². The highest BCUT2D eigenvalue weighted by Crippen LogP contribution is 2.18. The van der Waals surface area contributed by atoms with Crippen molar-refractivity contribution in [2.75, 3.05) is 12.0 Å². The Morgan fingerprint density at radius 1 is 1.33 bits per heavy atom. The molecule has 0 aliphatic heterocycles. The molecule has 2 N–H and O–H groups in total. The van der Waals surface area contributed by atoms with Gasteiger partial charge in [0.05, 0.1) is 5.69 Å². The molecule has 2 rings (SSSR count). The van der Waals surface area contributed by atoms with Crippen molar-refractivity contribution in [3.63, 3.8) is 0 Å². The molecular formula is C20H24ClN3O5S. The highest BCUT2D eigenvalue weighted by molar-refractivity contribution is 7.98. The van der Waals surface area contributed by atoms with Gasteiger partial charge in [0.15, 0.2) is 0 Å². The summed E-state index contributed by atoms with van der Waals surface area (Å²) >= 11 is 7.40. The van der Waals surface area contributed by atoms with Crippen molar-refractivity contribution in [2.45, 2.75) is 38.8 Å². The normalized spacial score (nSPS) is 12.8. The van der Waals surface area contributed by atoms with Gasteiger partial charge in [0.2, 0.25) is 5.88 Å². The molecule has 162 valence electrons. The highest BCUT2D eigenvalue weighted by atomic mass is 35.5. The molecule has 1 aromatic heterocycles. The second-order valence-corrected chi connectivity index (χ2v) is 8.84. The Kier molecular flexibility index (Phi) is 7.91. The van der Waals surface area contributed by atoms with Crippen LogP contribution >= 0.6 is 23.4 Å². The van der Waals surface area contributed by atoms with Crippen molar-refractivity contribution < 1.29 is 14.6 Å². The SMILES string of the molecule is CSCC[C@H](N=Cc1c(O)n(-c2ccc(Cl)cc2)c(=O)[nH]c1=O)C(=O)OC(C)(C)C. The number of aromatic amines is 1. The van der Waals surface area contributed by atoms with E-state index in [-0.39, 0.29) is 5.56 Å². The van der Waals surface area contributed by atoms with Gasteiger partial charge in [-0.15, -0.1) is 0 Å². The number of esters is 1. The monoisotopic (exact) mass is 453 g/mol. The molecule has 0 aliphatic rings. The zero-order valence-corrected chi connectivity index (χ0v) is 18.7. The first-order chi connectivity index (χ1) is 14.0. The van der Waals surface area contributed by atoms with Crippen LogP contribution in [0.2, 0.25) is 5.02 Å². The van der Waals surface area contributed by atoms with Gasteiger partial charge in [0, 0.05) is 11.2 Å². The molecule has 0 bridgehead atoms. The predicted molar refractivity (Wildman–Crippen MR) is 120 cm³/mol. The summed E-state index contributed by atoms with van der Waals surface area (Å²) in [7, 11) is 0. The molecule has 8 nitrogen and oxygen atoms in total. The van der Waals surface area contributed by atoms with Crippen molar-refractivity contribution in [3.05, 3.63) is 55.7 Å². The second-order valence-electron chi connectivity index (χ2n) is 7.42. The summed E-state index contributed by atoms with van der Waals surface area (Å²) in [5.74, 6) is -0.481. The molecule has 0 amide bonds. The van der Waals surface area contributed by atoms with Gasteiger partial charge in [-0.05, 0) is 63.5 Å². The minimum atomic E-state index is -0.855. The average molecular weight is 454 g/mol. The van der Waals surface area contributed by atoms with Gasteiger partial charge in [-0.25, -0.2) is 14.2 Å². The van der Waals surface area contributed by atoms with E-state index in [0.717, 1.165) is 10.8 Å². The first-order valence-electron chi connectivity index (χ1n) is 9.12. The lowest BCUT2D eigenvalue weighted by atomic mass is 10.1. The van der Waals surface area contributed by atoms with Crippen molar-refractivity contribution in [1.82, 2.24) is 9.55 Å². The fourth-order valence-electron chi connectivity index (χ4n) is 2.50. The van der Waals surface area contributed by atoms with Gasteiger partial charge < -0.3 is 9.84 Å². The number of hydrogen-bond acceptors (Lipinski definition) is 7. The number of carbonyl (C=O) groups is 1. The summed E-state index contributed by atoms with van der Waals surface area (Å²) in [6.45, 7) is 5.25. The van der Waals surface area contributed by atoms with Gasteiger partial charge in [0.1, 0.15) is 17.2 Å². The quantitative estimate of drug-likeness (QED) is 0.492. The second kappa shape index (κ2) is 9.99. The van der Waals surface area contributed by atoms with Crippen LogP contribution in [-0.2, 0) is 9.53 Å². The summed E-state index contributed by atoms with van der Waals surface area (Å²) < 4.78 is 6.31. The molecule has 0 radical (unpaired) electrons. The van der Waals surface area contributed by atoms with Gasteiger partial charge in [-0.3, -0.25) is 14.8 Å². The molecule has 30 heavy (non-hydrogen) atoms. The van der Waals surface area contributed by atoms with E-state index >= 15 is 0 Å². The van der Waals surface area contributed by atoms with Crippen LogP contribution in [0.1, 0.15) is 32.8 Å². The van der Waals surface area contributed by atoms with Crippen LogP contribution in [0.3, 0.4) is 0 Å². The zero-order chi connectivity index (χ0) is 22.5. The zero-order valence-electron chi connectivity index (χ0n) is 17.1. The Morgan fingerprint density at radius 3 is 2.53 bits per heavy atom. The number of aromatic hydroxyl groups is 1. The van der Waals surface area contributed by atoms with E-state index < -0.39 is 34.7 Å². The van der Waals surface area contributed by atoms with Gasteiger partial charge >= 0.3 is 11.7 Å². The topological polar surface area (TPSA) is 114 Å². The molecule has 10 heteroatoms. The third kappa shape index (κ3) is 6.24. The minimum Gasteiger partial charge on any atom is -0.493 e. The molecule has 2 aromatic rings. The minimum absolute atomic E-state index is 0.248. The van der Waals surface area contributed by atoms with Crippen LogP contribution in [0, 0.1) is 0 Å². The van der Waals surface area contributed by atoms with Crippen LogP contribution in [-0.4, -0.2) is 50.5 Å². The fourth-order valence-corrected chi connectivity index (χ4v) is 3.09. The molecule has 0 aliphatic carbocycles. The van der Waals surface area contributed by atoms with Crippen LogP contribution < -0.4 is 11.2 Å². The van der Waals surface area contributed by atoms with Crippen LogP contribution in [0.15, 0.2) is 38.8 Å². The smallest absolute Gasteiger partial charge is 0.335 e. The predicted octanol–water partition coefficient (Wildman–Crippen LogP) is 2.77. The van der Waals surface area contributed by atoms with Crippen LogP contribution in [0.5, 0.6) is 5.88 Å². The molecule has 1 atom stereocenters. The lowest BCUT2D eigenvalue weighted by Crippen LogP contribution is -2.33. The molecule has 1 heterocycles. The van der Waals surface area contributed by atoms with Gasteiger partial charge in [-0.2, -0.15) is 11.8 Å². The molecule has 0 fully saturated rings. The highest BCUT2D eigenvalue weighted by Gasteiger charge is 2.24. The summed E-state index contributed by atoms with van der Waals surface area (Å²) in [4.78, 5) is 43.3. The van der Waals surface area contributed by atoms with E-state index in [1.807, 2.05) is 6.26 Å². The number of H-pyrrole nitrogens is 1. The van der Waals surface area contributed by atoms with E-state index in [2.05, 4.69) is 9.98 Å². The molecule has 0 saturated heterocycles. The average Bonchev–Trinajstić information content (AvgIpc) is 2.63. The number of carbonyl (C=O) groups excluding carboxylic acids is 1. The number of halogens is 1. The molecule has 0 unspecified atom stereocenters. The molecule has 1 aromatic carbocycles. The maximum Gasteiger partial charge on any atom is 0.335 e. The Balaban J connectivity index is 2.46. The number of benzene rings is 1. The number of nitrogens with zero attached hydrogens (tertiary/aromatic N) is 2. The lowest BCUT2D eigenvalue weighted by Gasteiger charge is -2.22. The van der Waals surface area contributed by atoms with E-state index in [9.17, 15) is 19.5 Å². The number of aliphatic imine (C=N–C) groups is 1. The largest absolute Gasteiger partial charge is 0.493 e. The first-order valence-corrected chi connectivity index (χ1v) is 10.9. The Bertz CT molecular complexity index is 1040. The molecule has 0 spiro atoms. The van der Waals surface area contributed by atoms with Crippen LogP contribution in [0.4, 0.5) is 0 Å². The number of nitrogens with one attached hydrogen (secondary N) is 1. The Morgan fingerprint density at radius 2 is 1.97 bits per heavy atom. The van der Waals surface area contributed by atoms with Crippen molar-refractivity contribution >= 4 is 35.5 Å². The van der Waals surface area contributed by atoms with Crippen molar-refractivity contribution in [1.29, 1.82) is 0 Å². The standard InChI is InChI=1S/C20H24ClN3O5S/c1-20(2,3)29-18(27)15(9-10-30-4)22-11-14-16(25)23-19(28)24(17(14)26)13-7-5-12(21)6-8-13/h5-8,11,15,26H,9-10H2,1-4H3,(H,23,25,28)/t15-/m0/s1. The number of thioether (sulfide) groups is 1. The summed E-state index contributed by atoms with van der Waals surface area (Å²) in [6.07, 6.45) is 3.38. The maximum absolute atomic E-state index is 12.5. The number of aromatic nitrogens is 2. The summed E-state index contributed by atoms with van der Waals surface area (Å²) in [5.41, 5.74) is -2.27. The number of hydrogen-bond donors (Lipinski definition) is 2. The first kappa shape index (κ1) is 23.8. The number of ether oxygens (including phenoxy) is 1. The lowest BCUT2D eigenvalue weighted by molar-refractivity contribution is -0.156. The van der Waals surface area contributed by atoms with E-state index in [1.165, 1.54) is 12.1 Å². The molecule has 0 saturated carbocycles. The van der Waals surface area contributed by atoms with Crippen molar-refractivity contribution in [2.24, 2.45) is 4.99 Å².